The van der Waals surface area contributed by atoms with Gasteiger partial charge in [-0.25, -0.2) is 0 Å². The zero-order valence-electron chi connectivity index (χ0n) is 14.0. The first-order valence-electron chi connectivity index (χ1n) is 8.62. The highest BCUT2D eigenvalue weighted by atomic mass is 16.5. The summed E-state index contributed by atoms with van der Waals surface area (Å²) in [7, 11) is 3.42. The lowest BCUT2D eigenvalue weighted by molar-refractivity contribution is 0.182. The first kappa shape index (κ1) is 14.7. The number of aliphatic imine (C=N–C) groups is 1. The van der Waals surface area contributed by atoms with Gasteiger partial charge in [0.05, 0.1) is 20.3 Å². The van der Waals surface area contributed by atoms with Crippen LogP contribution in [0.25, 0.3) is 0 Å². The summed E-state index contributed by atoms with van der Waals surface area (Å²) in [6.07, 6.45) is 4.66. The second-order valence-corrected chi connectivity index (χ2v) is 6.53. The molecule has 0 spiro atoms. The van der Waals surface area contributed by atoms with E-state index in [9.17, 15) is 0 Å². The SMILES string of the molecule is COc1cc2c(cc1OC)C1CCN3CCCCN=C3N1CC2. The zero-order chi connectivity index (χ0) is 15.8. The number of hydrogen-bond acceptors (Lipinski definition) is 5. The van der Waals surface area contributed by atoms with Crippen LogP contribution in [0.15, 0.2) is 17.1 Å². The van der Waals surface area contributed by atoms with Gasteiger partial charge in [-0.05, 0) is 48.9 Å². The van der Waals surface area contributed by atoms with Crippen LogP contribution in [0.2, 0.25) is 0 Å². The number of methoxy groups -OCH3 is 2. The zero-order valence-corrected chi connectivity index (χ0v) is 14.0. The molecule has 5 heteroatoms. The van der Waals surface area contributed by atoms with Gasteiger partial charge in [0.1, 0.15) is 0 Å². The van der Waals surface area contributed by atoms with Crippen molar-refractivity contribution in [1.82, 2.24) is 9.80 Å². The first-order chi connectivity index (χ1) is 11.3. The van der Waals surface area contributed by atoms with Crippen LogP contribution in [-0.4, -0.2) is 56.2 Å². The quantitative estimate of drug-likeness (QED) is 0.840. The van der Waals surface area contributed by atoms with E-state index in [0.29, 0.717) is 6.04 Å². The van der Waals surface area contributed by atoms with Crippen LogP contribution in [0.3, 0.4) is 0 Å². The van der Waals surface area contributed by atoms with Crippen molar-refractivity contribution >= 4 is 5.96 Å². The van der Waals surface area contributed by atoms with Crippen LogP contribution in [0, 0.1) is 0 Å². The predicted molar refractivity (Wildman–Crippen MR) is 90.4 cm³/mol. The number of benzene rings is 1. The molecule has 4 rings (SSSR count). The summed E-state index contributed by atoms with van der Waals surface area (Å²) in [5, 5.41) is 0. The number of hydrogen-bond donors (Lipinski definition) is 0. The molecule has 1 aromatic rings. The normalized spacial score (nSPS) is 23.2. The van der Waals surface area contributed by atoms with Gasteiger partial charge < -0.3 is 19.3 Å². The smallest absolute Gasteiger partial charge is 0.197 e. The fourth-order valence-corrected chi connectivity index (χ4v) is 4.13. The molecule has 0 amide bonds. The number of guanidine groups is 1. The average Bonchev–Trinajstić information content (AvgIpc) is 2.85. The van der Waals surface area contributed by atoms with Gasteiger partial charge in [0.25, 0.3) is 0 Å². The van der Waals surface area contributed by atoms with E-state index < -0.39 is 0 Å². The van der Waals surface area contributed by atoms with Crippen LogP contribution in [0.1, 0.15) is 36.4 Å². The lowest BCUT2D eigenvalue weighted by atomic mass is 9.89. The molecule has 3 aliphatic rings. The molecule has 1 atom stereocenters. The standard InChI is InChI=1S/C18H25N3O2/c1-22-16-11-13-5-10-21-15(14(13)12-17(16)23-2)6-9-20-8-4-3-7-19-18(20)21/h11-12,15H,3-10H2,1-2H3. The van der Waals surface area contributed by atoms with Gasteiger partial charge in [-0.15, -0.1) is 0 Å². The third-order valence-electron chi connectivity index (χ3n) is 5.30. The Bertz CT molecular complexity index is 629. The largest absolute Gasteiger partial charge is 0.493 e. The molecule has 0 aliphatic carbocycles. The van der Waals surface area contributed by atoms with Crippen LogP contribution in [0.5, 0.6) is 11.5 Å². The average molecular weight is 315 g/mol. The maximum Gasteiger partial charge on any atom is 0.197 e. The summed E-state index contributed by atoms with van der Waals surface area (Å²) in [5.74, 6) is 2.89. The van der Waals surface area contributed by atoms with Crippen molar-refractivity contribution in [2.24, 2.45) is 4.99 Å². The third kappa shape index (κ3) is 2.42. The molecule has 0 aromatic heterocycles. The number of ether oxygens (including phenoxy) is 2. The van der Waals surface area contributed by atoms with Gasteiger partial charge in [0.15, 0.2) is 17.5 Å². The lowest BCUT2D eigenvalue weighted by Gasteiger charge is -2.47. The monoisotopic (exact) mass is 315 g/mol. The molecule has 1 fully saturated rings. The predicted octanol–water partition coefficient (Wildman–Crippen LogP) is 2.46. The van der Waals surface area contributed by atoms with Crippen molar-refractivity contribution < 1.29 is 9.47 Å². The van der Waals surface area contributed by atoms with Gasteiger partial charge in [-0.1, -0.05) is 0 Å². The minimum Gasteiger partial charge on any atom is -0.493 e. The topological polar surface area (TPSA) is 37.3 Å². The molecule has 1 saturated heterocycles. The van der Waals surface area contributed by atoms with Crippen molar-refractivity contribution in [3.8, 4) is 11.5 Å². The number of nitrogens with zero attached hydrogens (tertiary/aromatic N) is 3. The molecule has 0 saturated carbocycles. The molecule has 3 aliphatic heterocycles. The Balaban J connectivity index is 1.72. The van der Waals surface area contributed by atoms with Crippen LogP contribution in [-0.2, 0) is 6.42 Å². The summed E-state index contributed by atoms with van der Waals surface area (Å²) in [4.78, 5) is 9.89. The van der Waals surface area contributed by atoms with Crippen molar-refractivity contribution in [1.29, 1.82) is 0 Å². The molecule has 124 valence electrons. The van der Waals surface area contributed by atoms with E-state index in [0.717, 1.165) is 50.5 Å². The van der Waals surface area contributed by atoms with E-state index in [1.165, 1.54) is 29.9 Å². The fourth-order valence-electron chi connectivity index (χ4n) is 4.13. The minimum absolute atomic E-state index is 0.423. The van der Waals surface area contributed by atoms with E-state index in [-0.39, 0.29) is 0 Å². The maximum absolute atomic E-state index is 5.52. The van der Waals surface area contributed by atoms with Gasteiger partial charge in [0.2, 0.25) is 0 Å². The van der Waals surface area contributed by atoms with E-state index in [1.54, 1.807) is 14.2 Å². The molecule has 3 heterocycles. The molecule has 5 nitrogen and oxygen atoms in total. The summed E-state index contributed by atoms with van der Waals surface area (Å²) < 4.78 is 11.0. The lowest BCUT2D eigenvalue weighted by Crippen LogP contribution is -2.53. The fraction of sp³-hybridized carbons (Fsp3) is 0.611. The van der Waals surface area contributed by atoms with Gasteiger partial charge >= 0.3 is 0 Å². The number of rotatable bonds is 2. The second-order valence-electron chi connectivity index (χ2n) is 6.53. The Kier molecular flexibility index (Phi) is 3.79. The summed E-state index contributed by atoms with van der Waals surface area (Å²) >= 11 is 0. The number of fused-ring (bicyclic) bond motifs is 5. The molecular weight excluding hydrogens is 290 g/mol. The van der Waals surface area contributed by atoms with Gasteiger partial charge in [-0.3, -0.25) is 4.99 Å². The molecule has 1 unspecified atom stereocenters. The van der Waals surface area contributed by atoms with Crippen LogP contribution >= 0.6 is 0 Å². The molecule has 23 heavy (non-hydrogen) atoms. The van der Waals surface area contributed by atoms with Crippen molar-refractivity contribution in [2.45, 2.75) is 31.7 Å². The van der Waals surface area contributed by atoms with E-state index in [2.05, 4.69) is 21.9 Å². The second kappa shape index (κ2) is 5.95. The molecule has 0 N–H and O–H groups in total. The van der Waals surface area contributed by atoms with E-state index in [4.69, 9.17) is 14.5 Å². The van der Waals surface area contributed by atoms with E-state index in [1.807, 2.05) is 0 Å². The Morgan fingerprint density at radius 3 is 2.70 bits per heavy atom. The molecule has 0 radical (unpaired) electrons. The van der Waals surface area contributed by atoms with Crippen LogP contribution < -0.4 is 9.47 Å². The third-order valence-corrected chi connectivity index (χ3v) is 5.30. The Morgan fingerprint density at radius 1 is 1.04 bits per heavy atom. The van der Waals surface area contributed by atoms with Crippen molar-refractivity contribution in [3.05, 3.63) is 23.3 Å². The Morgan fingerprint density at radius 2 is 1.87 bits per heavy atom. The minimum atomic E-state index is 0.423. The highest BCUT2D eigenvalue weighted by molar-refractivity contribution is 5.82. The summed E-state index contributed by atoms with van der Waals surface area (Å²) in [6, 6.07) is 4.76. The van der Waals surface area contributed by atoms with Gasteiger partial charge in [0, 0.05) is 26.2 Å². The highest BCUT2D eigenvalue weighted by Crippen LogP contribution is 2.41. The molecule has 1 aromatic carbocycles. The molecular formula is C18H25N3O2. The molecule has 0 bridgehead atoms. The Labute approximate surface area is 137 Å². The summed E-state index contributed by atoms with van der Waals surface area (Å²) in [5.41, 5.74) is 2.78. The highest BCUT2D eigenvalue weighted by Gasteiger charge is 2.37. The van der Waals surface area contributed by atoms with Crippen molar-refractivity contribution in [2.75, 3.05) is 40.4 Å². The maximum atomic E-state index is 5.52. The first-order valence-corrected chi connectivity index (χ1v) is 8.62. The van der Waals surface area contributed by atoms with Gasteiger partial charge in [-0.2, -0.15) is 0 Å². The Hall–Kier alpha value is -1.91. The summed E-state index contributed by atoms with van der Waals surface area (Å²) in [6.45, 7) is 4.27. The van der Waals surface area contributed by atoms with E-state index >= 15 is 0 Å². The van der Waals surface area contributed by atoms with Crippen LogP contribution in [0.4, 0.5) is 0 Å². The van der Waals surface area contributed by atoms with Crippen molar-refractivity contribution in [3.63, 3.8) is 0 Å².